The molecule has 0 aromatic heterocycles. The Morgan fingerprint density at radius 1 is 1.09 bits per heavy atom. The molecule has 234 valence electrons. The highest BCUT2D eigenvalue weighted by Crippen LogP contribution is 2.55. The molecule has 43 heavy (non-hydrogen) atoms. The number of anilines is 1. The van der Waals surface area contributed by atoms with Crippen LogP contribution in [0.3, 0.4) is 0 Å². The number of piperidine rings is 1. The van der Waals surface area contributed by atoms with Gasteiger partial charge in [0.2, 0.25) is 17.7 Å². The standard InChI is InChI=1S/C34H48N4O4S/c1-21-9-7-16-37(20-21)17-8-18-38-30(32(40)36-26-13-5-10-22(2)23(26)3)34-15-14-27(42-34)28(29(34)33(38)41)31(39)35-24-11-6-12-25(19-24)43-4/h6,11-12,14-15,19,21-23,26-30H,5,7-10,13,16-18,20H2,1-4H3,(H,35,39)(H,36,40)/t21-,22-,23+,26+,27+,28-,29+,30+,34+/m0/s1. The number of likely N-dealkylation sites (tertiary alicyclic amines) is 2. The van der Waals surface area contributed by atoms with Gasteiger partial charge in [0.1, 0.15) is 11.6 Å². The van der Waals surface area contributed by atoms with Gasteiger partial charge in [-0.05, 0) is 81.0 Å². The fourth-order valence-electron chi connectivity index (χ4n) is 8.44. The number of thioether (sulfide) groups is 1. The summed E-state index contributed by atoms with van der Waals surface area (Å²) in [5.41, 5.74) is -0.427. The Labute approximate surface area is 260 Å². The zero-order valence-corrected chi connectivity index (χ0v) is 26.9. The molecule has 2 bridgehead atoms. The van der Waals surface area contributed by atoms with E-state index in [-0.39, 0.29) is 23.8 Å². The highest BCUT2D eigenvalue weighted by Gasteiger charge is 2.72. The van der Waals surface area contributed by atoms with Gasteiger partial charge in [-0.1, -0.05) is 51.8 Å². The van der Waals surface area contributed by atoms with Crippen LogP contribution in [0.1, 0.15) is 59.3 Å². The molecule has 4 aliphatic heterocycles. The van der Waals surface area contributed by atoms with E-state index >= 15 is 0 Å². The minimum absolute atomic E-state index is 0.0730. The van der Waals surface area contributed by atoms with E-state index in [1.165, 1.54) is 19.3 Å². The van der Waals surface area contributed by atoms with Crippen LogP contribution in [0.2, 0.25) is 0 Å². The van der Waals surface area contributed by atoms with Crippen molar-refractivity contribution in [3.05, 3.63) is 36.4 Å². The maximum absolute atomic E-state index is 14.3. The summed E-state index contributed by atoms with van der Waals surface area (Å²) < 4.78 is 6.57. The monoisotopic (exact) mass is 608 g/mol. The minimum atomic E-state index is -1.13. The van der Waals surface area contributed by atoms with E-state index in [2.05, 4.69) is 36.3 Å². The highest BCUT2D eigenvalue weighted by atomic mass is 32.2. The van der Waals surface area contributed by atoms with Crippen molar-refractivity contribution < 1.29 is 19.1 Å². The van der Waals surface area contributed by atoms with E-state index in [9.17, 15) is 14.4 Å². The molecule has 9 heteroatoms. The summed E-state index contributed by atoms with van der Waals surface area (Å²) in [6.07, 6.45) is 11.7. The first-order chi connectivity index (χ1) is 20.7. The molecule has 3 saturated heterocycles. The molecule has 0 unspecified atom stereocenters. The third kappa shape index (κ3) is 5.77. The van der Waals surface area contributed by atoms with Gasteiger partial charge in [-0.15, -0.1) is 11.8 Å². The number of amides is 3. The van der Waals surface area contributed by atoms with Gasteiger partial charge in [0.25, 0.3) is 0 Å². The van der Waals surface area contributed by atoms with Gasteiger partial charge >= 0.3 is 0 Å². The van der Waals surface area contributed by atoms with Crippen LogP contribution >= 0.6 is 11.8 Å². The average molecular weight is 609 g/mol. The van der Waals surface area contributed by atoms with Crippen LogP contribution in [-0.4, -0.2) is 83.7 Å². The van der Waals surface area contributed by atoms with Gasteiger partial charge < -0.3 is 25.2 Å². The van der Waals surface area contributed by atoms with Crippen LogP contribution in [-0.2, 0) is 19.1 Å². The lowest BCUT2D eigenvalue weighted by Crippen LogP contribution is -2.58. The van der Waals surface area contributed by atoms with Crippen molar-refractivity contribution in [1.29, 1.82) is 0 Å². The Morgan fingerprint density at radius 3 is 2.72 bits per heavy atom. The smallest absolute Gasteiger partial charge is 0.246 e. The number of hydrogen-bond donors (Lipinski definition) is 2. The maximum Gasteiger partial charge on any atom is 0.246 e. The molecule has 4 fully saturated rings. The number of hydrogen-bond acceptors (Lipinski definition) is 6. The minimum Gasteiger partial charge on any atom is -0.359 e. The predicted molar refractivity (Wildman–Crippen MR) is 170 cm³/mol. The van der Waals surface area contributed by atoms with Crippen molar-refractivity contribution in [2.75, 3.05) is 37.8 Å². The van der Waals surface area contributed by atoms with Crippen molar-refractivity contribution in [2.24, 2.45) is 29.6 Å². The van der Waals surface area contributed by atoms with Crippen molar-refractivity contribution in [1.82, 2.24) is 15.1 Å². The van der Waals surface area contributed by atoms with Crippen molar-refractivity contribution >= 4 is 35.2 Å². The molecule has 1 saturated carbocycles. The van der Waals surface area contributed by atoms with E-state index in [1.54, 1.807) is 16.7 Å². The summed E-state index contributed by atoms with van der Waals surface area (Å²) in [5, 5.41) is 6.42. The average Bonchev–Trinajstić information content (AvgIpc) is 3.63. The Bertz CT molecular complexity index is 1260. The van der Waals surface area contributed by atoms with Gasteiger partial charge in [-0.3, -0.25) is 14.4 Å². The molecule has 3 amide bonds. The molecule has 8 nitrogen and oxygen atoms in total. The largest absolute Gasteiger partial charge is 0.359 e. The fourth-order valence-corrected chi connectivity index (χ4v) is 8.90. The van der Waals surface area contributed by atoms with Gasteiger partial charge in [0, 0.05) is 29.7 Å². The Hall–Kier alpha value is -2.36. The Morgan fingerprint density at radius 2 is 1.93 bits per heavy atom. The first-order valence-electron chi connectivity index (χ1n) is 16.4. The summed E-state index contributed by atoms with van der Waals surface area (Å²) in [7, 11) is 0. The predicted octanol–water partition coefficient (Wildman–Crippen LogP) is 4.56. The van der Waals surface area contributed by atoms with Gasteiger partial charge in [-0.25, -0.2) is 0 Å². The zero-order chi connectivity index (χ0) is 30.3. The highest BCUT2D eigenvalue weighted by molar-refractivity contribution is 7.98. The second-order valence-corrected chi connectivity index (χ2v) is 14.6. The van der Waals surface area contributed by atoms with E-state index in [0.29, 0.717) is 30.0 Å². The number of rotatable bonds is 9. The second kappa shape index (κ2) is 12.6. The molecule has 1 spiro atoms. The zero-order valence-electron chi connectivity index (χ0n) is 26.1. The first-order valence-corrected chi connectivity index (χ1v) is 17.6. The summed E-state index contributed by atoms with van der Waals surface area (Å²) >= 11 is 1.61. The number of benzene rings is 1. The number of carbonyl (C=O) groups is 3. The van der Waals surface area contributed by atoms with Gasteiger partial charge in [-0.2, -0.15) is 0 Å². The van der Waals surface area contributed by atoms with E-state index in [4.69, 9.17) is 4.74 Å². The molecule has 1 aliphatic carbocycles. The maximum atomic E-state index is 14.3. The fraction of sp³-hybridized carbons (Fsp3) is 0.676. The van der Waals surface area contributed by atoms with E-state index in [1.807, 2.05) is 42.7 Å². The number of fused-ring (bicyclic) bond motifs is 1. The first kappa shape index (κ1) is 30.7. The summed E-state index contributed by atoms with van der Waals surface area (Å²) in [4.78, 5) is 47.7. The molecule has 0 radical (unpaired) electrons. The number of ether oxygens (including phenoxy) is 1. The Kier molecular flexibility index (Phi) is 8.96. The molecular formula is C34H48N4O4S. The molecule has 6 rings (SSSR count). The summed E-state index contributed by atoms with van der Waals surface area (Å²) in [6, 6.07) is 7.01. The molecule has 1 aromatic carbocycles. The molecule has 1 aromatic rings. The molecule has 4 heterocycles. The van der Waals surface area contributed by atoms with E-state index < -0.39 is 29.6 Å². The molecule has 9 atom stereocenters. The number of nitrogens with one attached hydrogen (secondary N) is 2. The summed E-state index contributed by atoms with van der Waals surface area (Å²) in [5.74, 6) is -0.338. The van der Waals surface area contributed by atoms with Crippen LogP contribution in [0.25, 0.3) is 0 Å². The molecule has 2 N–H and O–H groups in total. The Balaban J connectivity index is 1.24. The van der Waals surface area contributed by atoms with Crippen LogP contribution in [0.4, 0.5) is 5.69 Å². The number of carbonyl (C=O) groups excluding carboxylic acids is 3. The lowest BCUT2D eigenvalue weighted by molar-refractivity contribution is -0.141. The number of nitrogens with zero attached hydrogens (tertiary/aromatic N) is 2. The molecular weight excluding hydrogens is 560 g/mol. The van der Waals surface area contributed by atoms with Gasteiger partial charge in [0.05, 0.1) is 17.9 Å². The SMILES string of the molecule is CSc1cccc(NC(=O)[C@H]2[C@H]3C=C[C@@]4(O3)[C@H]2C(=O)N(CCCN2CCC[C@H](C)C2)[C@@H]4C(=O)N[C@@H]2CCC[C@H](C)[C@H]2C)c1. The van der Waals surface area contributed by atoms with Crippen LogP contribution in [0, 0.1) is 29.6 Å². The van der Waals surface area contributed by atoms with Crippen molar-refractivity contribution in [3.8, 4) is 0 Å². The van der Waals surface area contributed by atoms with E-state index in [0.717, 1.165) is 43.8 Å². The van der Waals surface area contributed by atoms with Crippen LogP contribution in [0.15, 0.2) is 41.3 Å². The van der Waals surface area contributed by atoms with Crippen LogP contribution in [0.5, 0.6) is 0 Å². The summed E-state index contributed by atoms with van der Waals surface area (Å²) in [6.45, 7) is 10.3. The molecule has 5 aliphatic rings. The van der Waals surface area contributed by atoms with Crippen molar-refractivity contribution in [3.63, 3.8) is 0 Å². The van der Waals surface area contributed by atoms with Gasteiger partial charge in [0.15, 0.2) is 0 Å². The second-order valence-electron chi connectivity index (χ2n) is 13.7. The van der Waals surface area contributed by atoms with Crippen molar-refractivity contribution in [2.45, 2.75) is 88.0 Å². The lowest BCUT2D eigenvalue weighted by Gasteiger charge is -2.38. The van der Waals surface area contributed by atoms with Crippen LogP contribution < -0.4 is 10.6 Å². The third-order valence-corrected chi connectivity index (χ3v) is 11.6. The topological polar surface area (TPSA) is 91.0 Å². The normalized spacial score (nSPS) is 37.0. The quantitative estimate of drug-likeness (QED) is 0.316. The third-order valence-electron chi connectivity index (χ3n) is 10.9. The lowest BCUT2D eigenvalue weighted by atomic mass is 9.73.